The second kappa shape index (κ2) is 5.12. The van der Waals surface area contributed by atoms with Crippen molar-refractivity contribution < 1.29 is 0 Å². The third-order valence-electron chi connectivity index (χ3n) is 2.33. The van der Waals surface area contributed by atoms with Gasteiger partial charge in [0.25, 0.3) is 0 Å². The Morgan fingerprint density at radius 1 is 1.25 bits per heavy atom. The summed E-state index contributed by atoms with van der Waals surface area (Å²) in [6, 6.07) is 7.85. The maximum Gasteiger partial charge on any atom is 0.122 e. The Morgan fingerprint density at radius 3 is 2.25 bits per heavy atom. The van der Waals surface area contributed by atoms with Gasteiger partial charge in [-0.05, 0) is 39.3 Å². The summed E-state index contributed by atoms with van der Waals surface area (Å²) < 4.78 is 0. The van der Waals surface area contributed by atoms with E-state index in [-0.39, 0.29) is 11.4 Å². The molecule has 0 aromatic heterocycles. The Morgan fingerprint density at radius 2 is 1.81 bits per heavy atom. The van der Waals surface area contributed by atoms with Crippen LogP contribution < -0.4 is 11.1 Å². The van der Waals surface area contributed by atoms with Crippen LogP contribution in [0.2, 0.25) is 0 Å². The van der Waals surface area contributed by atoms with Gasteiger partial charge in [-0.1, -0.05) is 24.3 Å². The van der Waals surface area contributed by atoms with Gasteiger partial charge in [0.05, 0.1) is 0 Å². The molecule has 1 aromatic rings. The van der Waals surface area contributed by atoms with Crippen LogP contribution in [0, 0.1) is 5.41 Å². The number of nitrogens with one attached hydrogen (secondary N) is 2. The predicted octanol–water partition coefficient (Wildman–Crippen LogP) is 1.90. The number of amidine groups is 1. The molecule has 0 amide bonds. The van der Waals surface area contributed by atoms with Crippen molar-refractivity contribution in [3.8, 4) is 0 Å². The van der Waals surface area contributed by atoms with Gasteiger partial charge in [0, 0.05) is 11.1 Å². The Labute approximate surface area is 97.6 Å². The second-order valence-electron chi connectivity index (χ2n) is 5.04. The Balaban J connectivity index is 2.47. The van der Waals surface area contributed by atoms with E-state index in [1.165, 1.54) is 5.56 Å². The summed E-state index contributed by atoms with van der Waals surface area (Å²) in [5.41, 5.74) is 7.61. The van der Waals surface area contributed by atoms with Crippen LogP contribution in [-0.2, 0) is 6.42 Å². The lowest BCUT2D eigenvalue weighted by molar-refractivity contribution is 0.429. The van der Waals surface area contributed by atoms with E-state index < -0.39 is 0 Å². The van der Waals surface area contributed by atoms with E-state index in [4.69, 9.17) is 11.1 Å². The van der Waals surface area contributed by atoms with Crippen LogP contribution in [0.5, 0.6) is 0 Å². The van der Waals surface area contributed by atoms with Crippen molar-refractivity contribution in [3.63, 3.8) is 0 Å². The summed E-state index contributed by atoms with van der Waals surface area (Å²) in [6.07, 6.45) is 0.995. The van der Waals surface area contributed by atoms with Crippen molar-refractivity contribution in [2.24, 2.45) is 5.73 Å². The number of hydrogen-bond acceptors (Lipinski definition) is 2. The molecule has 0 fully saturated rings. The number of nitrogens with two attached hydrogens (primary N) is 1. The van der Waals surface area contributed by atoms with E-state index in [0.29, 0.717) is 0 Å². The van der Waals surface area contributed by atoms with Crippen molar-refractivity contribution >= 4 is 5.84 Å². The van der Waals surface area contributed by atoms with Gasteiger partial charge in [-0.3, -0.25) is 5.41 Å². The molecule has 16 heavy (non-hydrogen) atoms. The van der Waals surface area contributed by atoms with Crippen LogP contribution >= 0.6 is 0 Å². The van der Waals surface area contributed by atoms with Gasteiger partial charge in [0.15, 0.2) is 0 Å². The van der Waals surface area contributed by atoms with E-state index in [9.17, 15) is 0 Å². The van der Waals surface area contributed by atoms with Crippen LogP contribution in [0.15, 0.2) is 24.3 Å². The first-order chi connectivity index (χ1) is 7.38. The topological polar surface area (TPSA) is 61.9 Å². The molecule has 0 saturated heterocycles. The van der Waals surface area contributed by atoms with Crippen molar-refractivity contribution in [2.45, 2.75) is 32.7 Å². The van der Waals surface area contributed by atoms with E-state index in [1.807, 2.05) is 24.3 Å². The average Bonchev–Trinajstić information content (AvgIpc) is 2.16. The van der Waals surface area contributed by atoms with Crippen molar-refractivity contribution in [1.82, 2.24) is 5.32 Å². The highest BCUT2D eigenvalue weighted by Gasteiger charge is 2.07. The first-order valence-corrected chi connectivity index (χ1v) is 5.57. The first kappa shape index (κ1) is 12.7. The molecule has 0 heterocycles. The van der Waals surface area contributed by atoms with Crippen molar-refractivity contribution in [3.05, 3.63) is 35.4 Å². The molecule has 0 aliphatic heterocycles. The maximum atomic E-state index is 7.29. The molecule has 0 aliphatic carbocycles. The molecule has 4 N–H and O–H groups in total. The van der Waals surface area contributed by atoms with Crippen LogP contribution in [0.1, 0.15) is 31.9 Å². The predicted molar refractivity (Wildman–Crippen MR) is 68.9 cm³/mol. The second-order valence-corrected chi connectivity index (χ2v) is 5.04. The number of nitrogen functional groups attached to an aromatic ring is 1. The van der Waals surface area contributed by atoms with Gasteiger partial charge >= 0.3 is 0 Å². The molecule has 3 nitrogen and oxygen atoms in total. The van der Waals surface area contributed by atoms with Crippen molar-refractivity contribution in [1.29, 1.82) is 5.41 Å². The largest absolute Gasteiger partial charge is 0.384 e. The highest BCUT2D eigenvalue weighted by molar-refractivity contribution is 5.94. The molecule has 0 spiro atoms. The highest BCUT2D eigenvalue weighted by Crippen LogP contribution is 2.05. The summed E-state index contributed by atoms with van der Waals surface area (Å²) in [5.74, 6) is 0.124. The minimum atomic E-state index is 0.124. The molecule has 0 unspecified atom stereocenters. The van der Waals surface area contributed by atoms with Gasteiger partial charge in [0.2, 0.25) is 0 Å². The molecule has 1 aromatic carbocycles. The summed E-state index contributed by atoms with van der Waals surface area (Å²) >= 11 is 0. The van der Waals surface area contributed by atoms with E-state index >= 15 is 0 Å². The lowest BCUT2D eigenvalue weighted by atomic mass is 10.1. The van der Waals surface area contributed by atoms with Crippen LogP contribution in [-0.4, -0.2) is 17.9 Å². The molecule has 0 radical (unpaired) electrons. The molecular formula is C13H21N3. The first-order valence-electron chi connectivity index (χ1n) is 5.57. The van der Waals surface area contributed by atoms with E-state index in [0.717, 1.165) is 18.5 Å². The lowest BCUT2D eigenvalue weighted by Gasteiger charge is -2.20. The SMILES string of the molecule is CC(C)(C)NCCc1ccc(C(=N)N)cc1. The van der Waals surface area contributed by atoms with E-state index in [1.54, 1.807) is 0 Å². The van der Waals surface area contributed by atoms with Crippen LogP contribution in [0.3, 0.4) is 0 Å². The molecule has 0 atom stereocenters. The zero-order chi connectivity index (χ0) is 12.2. The third kappa shape index (κ3) is 4.45. The standard InChI is InChI=1S/C13H21N3/c1-13(2,3)16-9-8-10-4-6-11(7-5-10)12(14)15/h4-7,16H,8-9H2,1-3H3,(H3,14,15). The zero-order valence-corrected chi connectivity index (χ0v) is 10.3. The molecule has 0 saturated carbocycles. The molecule has 1 rings (SSSR count). The fourth-order valence-corrected chi connectivity index (χ4v) is 1.43. The van der Waals surface area contributed by atoms with Gasteiger partial charge < -0.3 is 11.1 Å². The number of benzene rings is 1. The molecule has 0 bridgehead atoms. The molecule has 3 heteroatoms. The Kier molecular flexibility index (Phi) is 4.07. The molecule has 0 aliphatic rings. The van der Waals surface area contributed by atoms with Gasteiger partial charge in [-0.2, -0.15) is 0 Å². The molecule has 88 valence electrons. The Hall–Kier alpha value is -1.35. The van der Waals surface area contributed by atoms with Crippen LogP contribution in [0.4, 0.5) is 0 Å². The lowest BCUT2D eigenvalue weighted by Crippen LogP contribution is -2.37. The summed E-state index contributed by atoms with van der Waals surface area (Å²) in [5, 5.41) is 10.7. The molecular weight excluding hydrogens is 198 g/mol. The normalized spacial score (nSPS) is 11.4. The maximum absolute atomic E-state index is 7.29. The fourth-order valence-electron chi connectivity index (χ4n) is 1.43. The fraction of sp³-hybridized carbons (Fsp3) is 0.462. The monoisotopic (exact) mass is 219 g/mol. The quantitative estimate of drug-likeness (QED) is 0.535. The zero-order valence-electron chi connectivity index (χ0n) is 10.3. The minimum Gasteiger partial charge on any atom is -0.384 e. The summed E-state index contributed by atoms with van der Waals surface area (Å²) in [4.78, 5) is 0. The smallest absolute Gasteiger partial charge is 0.122 e. The Bertz CT molecular complexity index is 346. The third-order valence-corrected chi connectivity index (χ3v) is 2.33. The van der Waals surface area contributed by atoms with Crippen molar-refractivity contribution in [2.75, 3.05) is 6.54 Å². The van der Waals surface area contributed by atoms with Crippen LogP contribution in [0.25, 0.3) is 0 Å². The number of rotatable bonds is 4. The van der Waals surface area contributed by atoms with Gasteiger partial charge in [0.1, 0.15) is 5.84 Å². The van der Waals surface area contributed by atoms with Gasteiger partial charge in [-0.15, -0.1) is 0 Å². The summed E-state index contributed by atoms with van der Waals surface area (Å²) in [7, 11) is 0. The van der Waals surface area contributed by atoms with Gasteiger partial charge in [-0.25, -0.2) is 0 Å². The number of hydrogen-bond donors (Lipinski definition) is 3. The minimum absolute atomic E-state index is 0.124. The highest BCUT2D eigenvalue weighted by atomic mass is 14.9. The van der Waals surface area contributed by atoms with E-state index in [2.05, 4.69) is 26.1 Å². The summed E-state index contributed by atoms with van der Waals surface area (Å²) in [6.45, 7) is 7.44. The average molecular weight is 219 g/mol.